The van der Waals surface area contributed by atoms with Gasteiger partial charge in [-0.1, -0.05) is 30.3 Å². The largest absolute Gasteiger partial charge is 0.469 e. The van der Waals surface area contributed by atoms with E-state index in [1.54, 1.807) is 6.26 Å². The van der Waals surface area contributed by atoms with Gasteiger partial charge in [0.2, 0.25) is 5.91 Å². The van der Waals surface area contributed by atoms with E-state index in [0.29, 0.717) is 18.5 Å². The van der Waals surface area contributed by atoms with Gasteiger partial charge in [-0.2, -0.15) is 0 Å². The fourth-order valence-electron chi connectivity index (χ4n) is 3.79. The highest BCUT2D eigenvalue weighted by Gasteiger charge is 2.20. The van der Waals surface area contributed by atoms with E-state index < -0.39 is 0 Å². The fourth-order valence-corrected chi connectivity index (χ4v) is 3.79. The van der Waals surface area contributed by atoms with Gasteiger partial charge in [0.1, 0.15) is 12.3 Å². The van der Waals surface area contributed by atoms with Crippen LogP contribution >= 0.6 is 24.0 Å². The van der Waals surface area contributed by atoms with Gasteiger partial charge in [0.05, 0.1) is 6.26 Å². The van der Waals surface area contributed by atoms with E-state index in [0.717, 1.165) is 44.7 Å². The van der Waals surface area contributed by atoms with Crippen LogP contribution in [0.1, 0.15) is 44.9 Å². The molecule has 1 saturated heterocycles. The minimum atomic E-state index is -0.265. The number of guanidine groups is 1. The lowest BCUT2D eigenvalue weighted by atomic mass is 10.0. The molecule has 0 saturated carbocycles. The number of carbonyl (C=O) groups is 1. The van der Waals surface area contributed by atoms with Gasteiger partial charge in [0.25, 0.3) is 0 Å². The van der Waals surface area contributed by atoms with Crippen LogP contribution in [0.15, 0.2) is 58.1 Å². The lowest BCUT2D eigenvalue weighted by Gasteiger charge is -2.33. The van der Waals surface area contributed by atoms with Crippen LogP contribution in [-0.4, -0.2) is 54.5 Å². The molecule has 8 heteroatoms. The summed E-state index contributed by atoms with van der Waals surface area (Å²) in [7, 11) is 0. The summed E-state index contributed by atoms with van der Waals surface area (Å²) in [5, 5.41) is 9.86. The SMILES string of the molecule is CC(C)(C)NC(=O)CN=C(NCCc1ccco1)NC1CCN(Cc2ccccc2)CC1.I. The van der Waals surface area contributed by atoms with Crippen LogP contribution in [-0.2, 0) is 17.8 Å². The van der Waals surface area contributed by atoms with Crippen molar-refractivity contribution in [3.63, 3.8) is 0 Å². The summed E-state index contributed by atoms with van der Waals surface area (Å²) < 4.78 is 5.41. The first-order chi connectivity index (χ1) is 15.4. The molecule has 2 heterocycles. The molecule has 0 bridgehead atoms. The third-order valence-corrected chi connectivity index (χ3v) is 5.32. The number of hydrogen-bond acceptors (Lipinski definition) is 4. The lowest BCUT2D eigenvalue weighted by Crippen LogP contribution is -2.49. The number of rotatable bonds is 8. The van der Waals surface area contributed by atoms with Crippen molar-refractivity contribution in [3.05, 3.63) is 60.1 Å². The molecule has 0 aliphatic carbocycles. The number of aliphatic imine (C=N–C) groups is 1. The Morgan fingerprint density at radius 2 is 1.85 bits per heavy atom. The number of benzene rings is 1. The van der Waals surface area contributed by atoms with Gasteiger partial charge >= 0.3 is 0 Å². The summed E-state index contributed by atoms with van der Waals surface area (Å²) >= 11 is 0. The lowest BCUT2D eigenvalue weighted by molar-refractivity contribution is -0.121. The maximum Gasteiger partial charge on any atom is 0.242 e. The monoisotopic (exact) mass is 567 g/mol. The Bertz CT molecular complexity index is 841. The number of nitrogens with zero attached hydrogens (tertiary/aromatic N) is 2. The van der Waals surface area contributed by atoms with Gasteiger partial charge < -0.3 is 20.4 Å². The Hall–Kier alpha value is -2.07. The van der Waals surface area contributed by atoms with Gasteiger partial charge in [0.15, 0.2) is 5.96 Å². The van der Waals surface area contributed by atoms with Crippen molar-refractivity contribution >= 4 is 35.8 Å². The summed E-state index contributed by atoms with van der Waals surface area (Å²) in [4.78, 5) is 19.3. The predicted molar refractivity (Wildman–Crippen MR) is 144 cm³/mol. The maximum absolute atomic E-state index is 12.2. The highest BCUT2D eigenvalue weighted by Crippen LogP contribution is 2.14. The van der Waals surface area contributed by atoms with Gasteiger partial charge in [-0.05, 0) is 51.3 Å². The van der Waals surface area contributed by atoms with E-state index in [-0.39, 0.29) is 42.0 Å². The Morgan fingerprint density at radius 1 is 1.12 bits per heavy atom. The molecule has 1 aromatic carbocycles. The van der Waals surface area contributed by atoms with Crippen LogP contribution in [0.4, 0.5) is 0 Å². The highest BCUT2D eigenvalue weighted by molar-refractivity contribution is 14.0. The zero-order chi connectivity index (χ0) is 22.8. The van der Waals surface area contributed by atoms with Crippen molar-refractivity contribution in [2.24, 2.45) is 4.99 Å². The van der Waals surface area contributed by atoms with Crippen LogP contribution in [0.25, 0.3) is 0 Å². The molecule has 1 aromatic heterocycles. The standard InChI is InChI=1S/C25H37N5O2.HI/c1-25(2,3)29-23(31)18-27-24(26-14-11-22-10-7-17-32-22)28-21-12-15-30(16-13-21)19-20-8-5-4-6-9-20;/h4-10,17,21H,11-16,18-19H2,1-3H3,(H,29,31)(H2,26,27,28);1H. The minimum absolute atomic E-state index is 0. The molecule has 182 valence electrons. The molecule has 1 fully saturated rings. The van der Waals surface area contributed by atoms with Crippen LogP contribution in [0.5, 0.6) is 0 Å². The summed E-state index contributed by atoms with van der Waals surface area (Å²) in [6.45, 7) is 9.76. The number of nitrogens with one attached hydrogen (secondary N) is 3. The normalized spacial score (nSPS) is 15.5. The van der Waals surface area contributed by atoms with E-state index in [4.69, 9.17) is 4.42 Å². The van der Waals surface area contributed by atoms with Crippen molar-refractivity contribution in [1.29, 1.82) is 0 Å². The molecule has 1 amide bonds. The first-order valence-corrected chi connectivity index (χ1v) is 11.5. The van der Waals surface area contributed by atoms with Crippen molar-refractivity contribution in [2.75, 3.05) is 26.2 Å². The molecule has 2 aromatic rings. The number of hydrogen-bond donors (Lipinski definition) is 3. The molecule has 0 radical (unpaired) electrons. The number of halogens is 1. The number of likely N-dealkylation sites (tertiary alicyclic amines) is 1. The highest BCUT2D eigenvalue weighted by atomic mass is 127. The summed E-state index contributed by atoms with van der Waals surface area (Å²) in [6, 6.07) is 14.8. The van der Waals surface area contributed by atoms with Gasteiger partial charge in [-0.3, -0.25) is 9.69 Å². The Balaban J connectivity index is 0.00000385. The summed E-state index contributed by atoms with van der Waals surface area (Å²) in [6.07, 6.45) is 4.53. The second-order valence-electron chi connectivity index (χ2n) is 9.40. The van der Waals surface area contributed by atoms with E-state index in [1.165, 1.54) is 5.56 Å². The molecule has 3 N–H and O–H groups in total. The van der Waals surface area contributed by atoms with Gasteiger partial charge in [0, 0.05) is 44.2 Å². The van der Waals surface area contributed by atoms with Gasteiger partial charge in [-0.15, -0.1) is 24.0 Å². The first-order valence-electron chi connectivity index (χ1n) is 11.5. The van der Waals surface area contributed by atoms with Crippen molar-refractivity contribution in [2.45, 2.75) is 58.2 Å². The molecule has 33 heavy (non-hydrogen) atoms. The van der Waals surface area contributed by atoms with Crippen molar-refractivity contribution in [1.82, 2.24) is 20.9 Å². The van der Waals surface area contributed by atoms with Crippen LogP contribution in [0.2, 0.25) is 0 Å². The third kappa shape index (κ3) is 10.6. The Kier molecular flexibility index (Phi) is 11.2. The van der Waals surface area contributed by atoms with Crippen molar-refractivity contribution in [3.8, 4) is 0 Å². The smallest absolute Gasteiger partial charge is 0.242 e. The van der Waals surface area contributed by atoms with Crippen LogP contribution < -0.4 is 16.0 Å². The Labute approximate surface area is 214 Å². The van der Waals surface area contributed by atoms with E-state index >= 15 is 0 Å². The summed E-state index contributed by atoms with van der Waals surface area (Å²) in [5.74, 6) is 1.53. The Morgan fingerprint density at radius 3 is 2.48 bits per heavy atom. The van der Waals surface area contributed by atoms with Crippen LogP contribution in [0, 0.1) is 0 Å². The molecule has 0 atom stereocenters. The second kappa shape index (κ2) is 13.6. The third-order valence-electron chi connectivity index (χ3n) is 5.32. The number of amides is 1. The van der Waals surface area contributed by atoms with E-state index in [1.807, 2.05) is 32.9 Å². The molecule has 1 aliphatic heterocycles. The van der Waals surface area contributed by atoms with Crippen LogP contribution in [0.3, 0.4) is 0 Å². The molecular weight excluding hydrogens is 529 g/mol. The van der Waals surface area contributed by atoms with E-state index in [2.05, 4.69) is 56.2 Å². The molecule has 0 unspecified atom stereocenters. The molecular formula is C25H38IN5O2. The average Bonchev–Trinajstić information content (AvgIpc) is 3.26. The molecule has 1 aliphatic rings. The summed E-state index contributed by atoms with van der Waals surface area (Å²) in [5.41, 5.74) is 1.09. The topological polar surface area (TPSA) is 81.9 Å². The predicted octanol–water partition coefficient (Wildman–Crippen LogP) is 3.55. The fraction of sp³-hybridized carbons (Fsp3) is 0.520. The molecule has 0 spiro atoms. The maximum atomic E-state index is 12.2. The first kappa shape index (κ1) is 27.2. The zero-order valence-corrected chi connectivity index (χ0v) is 22.3. The quantitative estimate of drug-likeness (QED) is 0.258. The van der Waals surface area contributed by atoms with E-state index in [9.17, 15) is 4.79 Å². The van der Waals surface area contributed by atoms with Gasteiger partial charge in [-0.25, -0.2) is 4.99 Å². The molecule has 3 rings (SSSR count). The number of furan rings is 1. The number of carbonyl (C=O) groups excluding carboxylic acids is 1. The van der Waals surface area contributed by atoms with Crippen molar-refractivity contribution < 1.29 is 9.21 Å². The molecule has 7 nitrogen and oxygen atoms in total. The average molecular weight is 568 g/mol. The minimum Gasteiger partial charge on any atom is -0.469 e. The zero-order valence-electron chi connectivity index (χ0n) is 20.0. The number of piperidine rings is 1. The second-order valence-corrected chi connectivity index (χ2v) is 9.40.